The van der Waals surface area contributed by atoms with Crippen LogP contribution in [0.5, 0.6) is 0 Å². The van der Waals surface area contributed by atoms with Crippen molar-refractivity contribution in [2.75, 3.05) is 4.90 Å². The molecule has 1 atom stereocenters. The third-order valence-electron chi connectivity index (χ3n) is 3.97. The maximum Gasteiger partial charge on any atom is 0.188 e. The lowest BCUT2D eigenvalue weighted by atomic mass is 10.0. The van der Waals surface area contributed by atoms with Crippen molar-refractivity contribution in [3.05, 3.63) is 103 Å². The summed E-state index contributed by atoms with van der Waals surface area (Å²) in [5.74, 6) is -0.407. The molecular weight excluding hydrogens is 310 g/mol. The second kappa shape index (κ2) is 7.60. The zero-order valence-electron chi connectivity index (χ0n) is 13.7. The molecule has 0 saturated carbocycles. The highest BCUT2D eigenvalue weighted by molar-refractivity contribution is 5.93. The van der Waals surface area contributed by atoms with E-state index in [9.17, 15) is 9.90 Å². The number of nitrogens with zero attached hydrogens (tertiary/aromatic N) is 1. The SMILES string of the molecule is C=CC(=O)C(O)c1ccc(N(c2ccccc2)c2ccccc2)cc1. The molecule has 1 N–H and O–H groups in total. The Hall–Kier alpha value is -3.17. The fourth-order valence-corrected chi connectivity index (χ4v) is 2.68. The van der Waals surface area contributed by atoms with Crippen LogP contribution in [0.4, 0.5) is 17.1 Å². The van der Waals surface area contributed by atoms with E-state index in [0.29, 0.717) is 5.56 Å². The number of ketones is 1. The number of aliphatic hydroxyl groups is 1. The average Bonchev–Trinajstić information content (AvgIpc) is 2.69. The predicted octanol–water partition coefficient (Wildman–Crippen LogP) is 4.94. The summed E-state index contributed by atoms with van der Waals surface area (Å²) in [4.78, 5) is 13.7. The Morgan fingerprint density at radius 1 is 0.800 bits per heavy atom. The fourth-order valence-electron chi connectivity index (χ4n) is 2.68. The van der Waals surface area contributed by atoms with E-state index < -0.39 is 11.9 Å². The zero-order valence-corrected chi connectivity index (χ0v) is 13.7. The van der Waals surface area contributed by atoms with Gasteiger partial charge < -0.3 is 10.0 Å². The van der Waals surface area contributed by atoms with Crippen molar-refractivity contribution in [3.63, 3.8) is 0 Å². The average molecular weight is 329 g/mol. The lowest BCUT2D eigenvalue weighted by molar-refractivity contribution is -0.122. The topological polar surface area (TPSA) is 40.5 Å². The molecule has 25 heavy (non-hydrogen) atoms. The van der Waals surface area contributed by atoms with Crippen molar-refractivity contribution < 1.29 is 9.90 Å². The van der Waals surface area contributed by atoms with Gasteiger partial charge in [0.05, 0.1) is 0 Å². The van der Waals surface area contributed by atoms with E-state index in [0.717, 1.165) is 23.1 Å². The van der Waals surface area contributed by atoms with Crippen molar-refractivity contribution in [1.29, 1.82) is 0 Å². The van der Waals surface area contributed by atoms with Crippen molar-refractivity contribution in [2.24, 2.45) is 0 Å². The number of aliphatic hydroxyl groups excluding tert-OH is 1. The summed E-state index contributed by atoms with van der Waals surface area (Å²) in [6, 6.07) is 27.4. The third kappa shape index (κ3) is 3.67. The Labute approximate surface area is 147 Å². The zero-order chi connectivity index (χ0) is 17.6. The number of benzene rings is 3. The van der Waals surface area contributed by atoms with Crippen molar-refractivity contribution in [2.45, 2.75) is 6.10 Å². The summed E-state index contributed by atoms with van der Waals surface area (Å²) in [5, 5.41) is 10.0. The first kappa shape index (κ1) is 16.7. The first-order valence-electron chi connectivity index (χ1n) is 8.05. The normalized spacial score (nSPS) is 11.6. The molecule has 0 bridgehead atoms. The molecule has 0 saturated heterocycles. The highest BCUT2D eigenvalue weighted by Crippen LogP contribution is 2.34. The van der Waals surface area contributed by atoms with Crippen LogP contribution >= 0.6 is 0 Å². The van der Waals surface area contributed by atoms with Gasteiger partial charge in [-0.05, 0) is 48.0 Å². The maximum atomic E-state index is 11.6. The largest absolute Gasteiger partial charge is 0.380 e. The van der Waals surface area contributed by atoms with Crippen LogP contribution in [0.25, 0.3) is 0 Å². The molecule has 0 aliphatic carbocycles. The maximum absolute atomic E-state index is 11.6. The van der Waals surface area contributed by atoms with Crippen LogP contribution in [-0.4, -0.2) is 10.9 Å². The quantitative estimate of drug-likeness (QED) is 0.651. The number of carbonyl (C=O) groups is 1. The number of rotatable bonds is 6. The van der Waals surface area contributed by atoms with E-state index in [1.54, 1.807) is 12.1 Å². The van der Waals surface area contributed by atoms with Crippen LogP contribution in [0.15, 0.2) is 97.6 Å². The molecule has 124 valence electrons. The standard InChI is InChI=1S/C22H19NO2/c1-2-21(24)22(25)17-13-15-20(16-14-17)23(18-9-5-3-6-10-18)19-11-7-4-8-12-19/h2-16,22,25H,1H2. The van der Waals surface area contributed by atoms with Gasteiger partial charge in [-0.3, -0.25) is 4.79 Å². The number of hydrogen-bond acceptors (Lipinski definition) is 3. The van der Waals surface area contributed by atoms with Gasteiger partial charge in [0, 0.05) is 17.1 Å². The summed E-state index contributed by atoms with van der Waals surface area (Å²) in [6.07, 6.45) is -0.0350. The molecule has 3 aromatic rings. The molecule has 3 nitrogen and oxygen atoms in total. The molecular formula is C22H19NO2. The Bertz CT molecular complexity index is 803. The van der Waals surface area contributed by atoms with Crippen molar-refractivity contribution >= 4 is 22.8 Å². The lowest BCUT2D eigenvalue weighted by Crippen LogP contribution is -2.11. The summed E-state index contributed by atoms with van der Waals surface area (Å²) >= 11 is 0. The minimum atomic E-state index is -1.17. The van der Waals surface area contributed by atoms with Crippen LogP contribution in [0.3, 0.4) is 0 Å². The Balaban J connectivity index is 2.00. The van der Waals surface area contributed by atoms with Gasteiger partial charge in [-0.15, -0.1) is 0 Å². The van der Waals surface area contributed by atoms with Gasteiger partial charge in [-0.25, -0.2) is 0 Å². The molecule has 0 aliphatic rings. The molecule has 0 fully saturated rings. The smallest absolute Gasteiger partial charge is 0.188 e. The van der Waals surface area contributed by atoms with E-state index in [1.165, 1.54) is 0 Å². The summed E-state index contributed by atoms with van der Waals surface area (Å²) < 4.78 is 0. The molecule has 3 aromatic carbocycles. The monoisotopic (exact) mass is 329 g/mol. The molecule has 0 aromatic heterocycles. The first-order chi connectivity index (χ1) is 12.2. The fraction of sp³-hybridized carbons (Fsp3) is 0.0455. The summed E-state index contributed by atoms with van der Waals surface area (Å²) in [5.41, 5.74) is 3.56. The molecule has 0 amide bonds. The summed E-state index contributed by atoms with van der Waals surface area (Å²) in [6.45, 7) is 3.41. The highest BCUT2D eigenvalue weighted by Gasteiger charge is 2.16. The van der Waals surface area contributed by atoms with Crippen LogP contribution in [-0.2, 0) is 4.79 Å². The molecule has 3 rings (SSSR count). The second-order valence-electron chi connectivity index (χ2n) is 5.61. The number of hydrogen-bond donors (Lipinski definition) is 1. The number of carbonyl (C=O) groups excluding carboxylic acids is 1. The van der Waals surface area contributed by atoms with E-state index in [2.05, 4.69) is 11.5 Å². The number of anilines is 3. The van der Waals surface area contributed by atoms with Crippen molar-refractivity contribution in [3.8, 4) is 0 Å². The van der Waals surface area contributed by atoms with Gasteiger partial charge in [-0.2, -0.15) is 0 Å². The van der Waals surface area contributed by atoms with E-state index >= 15 is 0 Å². The van der Waals surface area contributed by atoms with Gasteiger partial charge in [0.15, 0.2) is 5.78 Å². The Morgan fingerprint density at radius 3 is 1.68 bits per heavy atom. The second-order valence-corrected chi connectivity index (χ2v) is 5.61. The van der Waals surface area contributed by atoms with E-state index in [1.807, 2.05) is 72.8 Å². The van der Waals surface area contributed by atoms with E-state index in [4.69, 9.17) is 0 Å². The van der Waals surface area contributed by atoms with Gasteiger partial charge >= 0.3 is 0 Å². The van der Waals surface area contributed by atoms with Gasteiger partial charge in [0.25, 0.3) is 0 Å². The van der Waals surface area contributed by atoms with Crippen LogP contribution in [0, 0.1) is 0 Å². The first-order valence-corrected chi connectivity index (χ1v) is 8.05. The molecule has 0 radical (unpaired) electrons. The van der Waals surface area contributed by atoms with Gasteiger partial charge in [-0.1, -0.05) is 55.1 Å². The van der Waals surface area contributed by atoms with Crippen molar-refractivity contribution in [1.82, 2.24) is 0 Å². The minimum Gasteiger partial charge on any atom is -0.380 e. The third-order valence-corrected chi connectivity index (χ3v) is 3.97. The van der Waals surface area contributed by atoms with Gasteiger partial charge in [0.2, 0.25) is 0 Å². The molecule has 1 unspecified atom stereocenters. The van der Waals surface area contributed by atoms with Crippen LogP contribution in [0.1, 0.15) is 11.7 Å². The molecule has 0 heterocycles. The van der Waals surface area contributed by atoms with E-state index in [-0.39, 0.29) is 0 Å². The molecule has 3 heteroatoms. The minimum absolute atomic E-state index is 0.407. The highest BCUT2D eigenvalue weighted by atomic mass is 16.3. The predicted molar refractivity (Wildman–Crippen MR) is 101 cm³/mol. The summed E-state index contributed by atoms with van der Waals surface area (Å²) in [7, 11) is 0. The van der Waals surface area contributed by atoms with Crippen LogP contribution in [0.2, 0.25) is 0 Å². The van der Waals surface area contributed by atoms with Crippen LogP contribution < -0.4 is 4.90 Å². The molecule has 0 spiro atoms. The lowest BCUT2D eigenvalue weighted by Gasteiger charge is -2.25. The Morgan fingerprint density at radius 2 is 1.24 bits per heavy atom. The molecule has 0 aliphatic heterocycles. The Kier molecular flexibility index (Phi) is 5.07. The number of para-hydroxylation sites is 2. The van der Waals surface area contributed by atoms with Gasteiger partial charge in [0.1, 0.15) is 6.10 Å².